The predicted molar refractivity (Wildman–Crippen MR) is 114 cm³/mol. The van der Waals surface area contributed by atoms with Crippen LogP contribution in [0, 0.1) is 0 Å². The highest BCUT2D eigenvalue weighted by atomic mass is 35.5. The number of nitrogens with one attached hydrogen (secondary N) is 1. The third kappa shape index (κ3) is 5.71. The van der Waals surface area contributed by atoms with Crippen molar-refractivity contribution in [2.75, 3.05) is 13.2 Å². The molecule has 15 heteroatoms. The average molecular weight is 546 g/mol. The molecule has 1 saturated heterocycles. The second-order valence-electron chi connectivity index (χ2n) is 7.69. The smallest absolute Gasteiger partial charge is 0.381 e. The molecule has 1 aliphatic heterocycles. The first-order chi connectivity index (χ1) is 15.8. The molecule has 0 radical (unpaired) electrons. The van der Waals surface area contributed by atoms with E-state index in [-0.39, 0.29) is 54.7 Å². The van der Waals surface area contributed by atoms with Gasteiger partial charge in [0.05, 0.1) is 4.90 Å². The number of hydroxylamine groups is 1. The lowest BCUT2D eigenvalue weighted by molar-refractivity contribution is -0.284. The highest BCUT2D eigenvalue weighted by molar-refractivity contribution is 7.93. The van der Waals surface area contributed by atoms with Gasteiger partial charge in [0.2, 0.25) is 0 Å². The normalized spacial score (nSPS) is 16.3. The third-order valence-electron chi connectivity index (χ3n) is 5.60. The fraction of sp³-hybridized carbons (Fsp3) is 0.450. The Hall–Kier alpha value is -2.42. The molecule has 1 fully saturated rings. The number of hydrogen-bond donors (Lipinski definition) is 2. The van der Waals surface area contributed by atoms with Crippen LogP contribution in [-0.4, -0.2) is 59.6 Å². The minimum absolute atomic E-state index is 0. The number of rotatable bonds is 7. The number of aryl methyl sites for hydroxylation is 1. The molecule has 1 aromatic heterocycles. The SMILES string of the molecule is Cl.O=C(NO)C1(S(=O)(=O)c2ccc(-c3ncc(CCC(F)(F)C(F)(F)F)cn3)cc2)CCOCC1. The molecule has 0 saturated carbocycles. The van der Waals surface area contributed by atoms with Gasteiger partial charge in [-0.15, -0.1) is 12.4 Å². The van der Waals surface area contributed by atoms with Crippen LogP contribution in [0.15, 0.2) is 41.6 Å². The molecule has 1 aromatic carbocycles. The Labute approximate surface area is 203 Å². The Kier molecular flexibility index (Phi) is 8.79. The van der Waals surface area contributed by atoms with Gasteiger partial charge in [0.1, 0.15) is 0 Å². The number of nitrogens with zero attached hydrogens (tertiary/aromatic N) is 2. The molecule has 194 valence electrons. The number of amides is 1. The van der Waals surface area contributed by atoms with Crippen molar-refractivity contribution in [3.63, 3.8) is 0 Å². The number of sulfone groups is 1. The summed E-state index contributed by atoms with van der Waals surface area (Å²) in [5.74, 6) is -5.80. The van der Waals surface area contributed by atoms with Crippen LogP contribution in [0.2, 0.25) is 0 Å². The van der Waals surface area contributed by atoms with Gasteiger partial charge in [-0.3, -0.25) is 10.0 Å². The summed E-state index contributed by atoms with van der Waals surface area (Å²) in [6.07, 6.45) is -5.76. The van der Waals surface area contributed by atoms with E-state index in [1.165, 1.54) is 29.7 Å². The van der Waals surface area contributed by atoms with Gasteiger partial charge >= 0.3 is 12.1 Å². The summed E-state index contributed by atoms with van der Waals surface area (Å²) in [4.78, 5) is 20.0. The lowest BCUT2D eigenvalue weighted by Gasteiger charge is -2.34. The van der Waals surface area contributed by atoms with E-state index in [1.807, 2.05) is 0 Å². The molecule has 1 amide bonds. The van der Waals surface area contributed by atoms with Gasteiger partial charge in [-0.05, 0) is 49.1 Å². The van der Waals surface area contributed by atoms with Crippen LogP contribution < -0.4 is 5.48 Å². The second kappa shape index (κ2) is 10.7. The first kappa shape index (κ1) is 28.8. The van der Waals surface area contributed by atoms with E-state index in [2.05, 4.69) is 9.97 Å². The first-order valence-corrected chi connectivity index (χ1v) is 11.5. The zero-order valence-corrected chi connectivity index (χ0v) is 19.5. The molecular formula is C20H21ClF5N3O5S. The highest BCUT2D eigenvalue weighted by Crippen LogP contribution is 2.39. The minimum atomic E-state index is -5.64. The summed E-state index contributed by atoms with van der Waals surface area (Å²) in [6.45, 7) is 0.0274. The van der Waals surface area contributed by atoms with Gasteiger partial charge in [-0.2, -0.15) is 22.0 Å². The molecule has 1 aliphatic rings. The summed E-state index contributed by atoms with van der Waals surface area (Å²) >= 11 is 0. The molecule has 2 aromatic rings. The van der Waals surface area contributed by atoms with Crippen molar-refractivity contribution in [2.45, 2.75) is 47.4 Å². The van der Waals surface area contributed by atoms with Crippen LogP contribution in [0.5, 0.6) is 0 Å². The number of halogens is 6. The lowest BCUT2D eigenvalue weighted by Crippen LogP contribution is -2.54. The van der Waals surface area contributed by atoms with Crippen LogP contribution in [0.25, 0.3) is 11.4 Å². The van der Waals surface area contributed by atoms with Crippen molar-refractivity contribution < 1.29 is 45.1 Å². The van der Waals surface area contributed by atoms with E-state index in [9.17, 15) is 35.2 Å². The fourth-order valence-electron chi connectivity index (χ4n) is 3.51. The number of benzene rings is 1. The number of carbonyl (C=O) groups excluding carboxylic acids is 1. The van der Waals surface area contributed by atoms with Gasteiger partial charge in [0.15, 0.2) is 20.4 Å². The van der Waals surface area contributed by atoms with E-state index >= 15 is 0 Å². The summed E-state index contributed by atoms with van der Waals surface area (Å²) in [5.41, 5.74) is 1.84. The molecular weight excluding hydrogens is 525 g/mol. The van der Waals surface area contributed by atoms with Crippen molar-refractivity contribution in [2.24, 2.45) is 0 Å². The summed E-state index contributed by atoms with van der Waals surface area (Å²) < 4.78 is 92.7. The van der Waals surface area contributed by atoms with Gasteiger partial charge in [-0.1, -0.05) is 0 Å². The summed E-state index contributed by atoms with van der Waals surface area (Å²) in [5, 5.41) is 9.08. The molecule has 2 heterocycles. The van der Waals surface area contributed by atoms with Gasteiger partial charge < -0.3 is 4.74 Å². The first-order valence-electron chi connectivity index (χ1n) is 9.97. The standard InChI is InChI=1S/C20H20F5N3O5S.ClH/c21-19(22,20(23,24)25)6-5-13-11-26-16(27-12-13)14-1-3-15(4-2-14)34(31,32)18(17(29)28-30)7-9-33-10-8-18;/h1-4,11-12,30H,5-10H2,(H,28,29);1H. The maximum absolute atomic E-state index is 13.2. The quantitative estimate of drug-likeness (QED) is 0.310. The van der Waals surface area contributed by atoms with Crippen molar-refractivity contribution in [3.8, 4) is 11.4 Å². The van der Waals surface area contributed by atoms with E-state index in [0.29, 0.717) is 5.56 Å². The fourth-order valence-corrected chi connectivity index (χ4v) is 5.45. The Morgan fingerprint density at radius 2 is 1.60 bits per heavy atom. The van der Waals surface area contributed by atoms with Gasteiger partial charge in [0, 0.05) is 37.6 Å². The van der Waals surface area contributed by atoms with E-state index in [0.717, 1.165) is 12.4 Å². The largest absolute Gasteiger partial charge is 0.453 e. The molecule has 3 rings (SSSR count). The Morgan fingerprint density at radius 3 is 2.09 bits per heavy atom. The van der Waals surface area contributed by atoms with Crippen molar-refractivity contribution >= 4 is 28.2 Å². The van der Waals surface area contributed by atoms with Crippen LogP contribution in [0.3, 0.4) is 0 Å². The maximum atomic E-state index is 13.2. The van der Waals surface area contributed by atoms with Gasteiger partial charge in [0.25, 0.3) is 5.91 Å². The summed E-state index contributed by atoms with van der Waals surface area (Å²) in [6, 6.07) is 5.19. The Bertz CT molecular complexity index is 1120. The summed E-state index contributed by atoms with van der Waals surface area (Å²) in [7, 11) is -4.23. The molecule has 8 nitrogen and oxygen atoms in total. The molecule has 2 N–H and O–H groups in total. The molecule has 0 unspecified atom stereocenters. The van der Waals surface area contributed by atoms with Crippen LogP contribution in [0.4, 0.5) is 22.0 Å². The molecule has 0 bridgehead atoms. The second-order valence-corrected chi connectivity index (χ2v) is 9.95. The lowest BCUT2D eigenvalue weighted by atomic mass is 9.98. The number of hydrogen-bond acceptors (Lipinski definition) is 7. The van der Waals surface area contributed by atoms with Crippen LogP contribution in [-0.2, 0) is 25.8 Å². The Balaban J connectivity index is 0.00000432. The minimum Gasteiger partial charge on any atom is -0.381 e. The Morgan fingerprint density at radius 1 is 1.06 bits per heavy atom. The molecule has 0 spiro atoms. The third-order valence-corrected chi connectivity index (χ3v) is 8.12. The average Bonchev–Trinajstić information content (AvgIpc) is 2.82. The molecule has 35 heavy (non-hydrogen) atoms. The maximum Gasteiger partial charge on any atom is 0.453 e. The monoisotopic (exact) mass is 545 g/mol. The zero-order valence-electron chi connectivity index (χ0n) is 17.9. The number of ether oxygens (including phenoxy) is 1. The predicted octanol–water partition coefficient (Wildman–Crippen LogP) is 3.52. The number of carbonyl (C=O) groups is 1. The van der Waals surface area contributed by atoms with Gasteiger partial charge in [-0.25, -0.2) is 23.9 Å². The van der Waals surface area contributed by atoms with Crippen molar-refractivity contribution in [1.29, 1.82) is 0 Å². The highest BCUT2D eigenvalue weighted by Gasteiger charge is 2.56. The number of alkyl halides is 5. The van der Waals surface area contributed by atoms with Crippen LogP contribution in [0.1, 0.15) is 24.8 Å². The van der Waals surface area contributed by atoms with E-state index in [1.54, 1.807) is 0 Å². The topological polar surface area (TPSA) is 118 Å². The van der Waals surface area contributed by atoms with Crippen LogP contribution >= 0.6 is 12.4 Å². The molecule has 0 atom stereocenters. The van der Waals surface area contributed by atoms with Crippen molar-refractivity contribution in [1.82, 2.24) is 15.4 Å². The van der Waals surface area contributed by atoms with E-state index < -0.39 is 45.4 Å². The molecule has 0 aliphatic carbocycles. The zero-order chi connectivity index (χ0) is 25.2. The van der Waals surface area contributed by atoms with E-state index in [4.69, 9.17) is 9.94 Å². The number of aromatic nitrogens is 2. The van der Waals surface area contributed by atoms with Crippen molar-refractivity contribution in [3.05, 3.63) is 42.2 Å².